The van der Waals surface area contributed by atoms with Crippen molar-refractivity contribution in [1.82, 2.24) is 0 Å². The number of halogens is 2. The van der Waals surface area contributed by atoms with Crippen LogP contribution in [0, 0.1) is 0 Å². The molecule has 7 heteroatoms. The number of Topliss-reactive ketones (excluding diaryl/α,β-unsaturated/α-hetero) is 2. The van der Waals surface area contributed by atoms with Gasteiger partial charge in [-0.3, -0.25) is 9.59 Å². The van der Waals surface area contributed by atoms with E-state index in [0.29, 0.717) is 11.1 Å². The van der Waals surface area contributed by atoms with Crippen molar-refractivity contribution in [2.75, 3.05) is 0 Å². The molecule has 0 heterocycles. The largest absolute Gasteiger partial charge is 2.00 e. The first-order valence-corrected chi connectivity index (χ1v) is 6.00. The summed E-state index contributed by atoms with van der Waals surface area (Å²) < 4.78 is 0. The van der Waals surface area contributed by atoms with Crippen LogP contribution < -0.4 is 24.8 Å². The molecule has 2 aromatic carbocycles. The Bertz CT molecular complexity index is 577. The quantitative estimate of drug-likeness (QED) is 0.501. The molecule has 0 saturated carbocycles. The van der Waals surface area contributed by atoms with Crippen LogP contribution in [-0.4, -0.2) is 21.8 Å². The van der Waals surface area contributed by atoms with Crippen molar-refractivity contribution in [3.8, 4) is 11.5 Å². The molecule has 0 radical (unpaired) electrons. The van der Waals surface area contributed by atoms with Gasteiger partial charge in [-0.25, -0.2) is 0 Å². The van der Waals surface area contributed by atoms with Crippen LogP contribution in [0.2, 0.25) is 0 Å². The summed E-state index contributed by atoms with van der Waals surface area (Å²) in [6, 6.07) is 12.6. The van der Waals surface area contributed by atoms with Crippen LogP contribution in [0.15, 0.2) is 48.5 Å². The molecule has 0 atom stereocenters. The van der Waals surface area contributed by atoms with Crippen molar-refractivity contribution < 1.29 is 70.8 Å². The molecule has 4 nitrogen and oxygen atoms in total. The van der Waals surface area contributed by atoms with Gasteiger partial charge in [0.15, 0.2) is 11.6 Å². The van der Waals surface area contributed by atoms with E-state index in [-0.39, 0.29) is 74.1 Å². The zero-order chi connectivity index (χ0) is 15.1. The summed E-state index contributed by atoms with van der Waals surface area (Å²) in [5.41, 5.74) is 1.08. The Morgan fingerprint density at radius 2 is 1.04 bits per heavy atom. The van der Waals surface area contributed by atoms with Crippen molar-refractivity contribution in [3.05, 3.63) is 59.7 Å². The minimum atomic E-state index is -0.0316. The predicted octanol–water partition coefficient (Wildman–Crippen LogP) is -2.80. The third kappa shape index (κ3) is 10.3. The number of phenols is 2. The monoisotopic (exact) mass is 432 g/mol. The minimum absolute atomic E-state index is 0. The Hall–Kier alpha value is -1.16. The van der Waals surface area contributed by atoms with E-state index in [9.17, 15) is 9.59 Å². The average Bonchev–Trinajstić information content (AvgIpc) is 2.39. The fourth-order valence-electron chi connectivity index (χ4n) is 1.45. The van der Waals surface area contributed by atoms with Gasteiger partial charge in [0.05, 0.1) is 0 Å². The van der Waals surface area contributed by atoms with E-state index >= 15 is 0 Å². The van der Waals surface area contributed by atoms with E-state index in [2.05, 4.69) is 0 Å². The van der Waals surface area contributed by atoms with Crippen LogP contribution in [0.1, 0.15) is 34.6 Å². The number of carbonyl (C=O) groups excluding carboxylic acids is 2. The van der Waals surface area contributed by atoms with E-state index in [1.807, 2.05) is 0 Å². The third-order valence-electron chi connectivity index (χ3n) is 2.51. The zero-order valence-electron chi connectivity index (χ0n) is 12.6. The van der Waals surface area contributed by atoms with Gasteiger partial charge in [0.1, 0.15) is 11.5 Å². The van der Waals surface area contributed by atoms with Crippen molar-refractivity contribution in [3.63, 3.8) is 0 Å². The molecule has 23 heavy (non-hydrogen) atoms. The molecule has 0 fully saturated rings. The van der Waals surface area contributed by atoms with E-state index in [0.717, 1.165) is 0 Å². The Kier molecular flexibility index (Phi) is 15.5. The van der Waals surface area contributed by atoms with Crippen LogP contribution in [0.5, 0.6) is 11.5 Å². The number of rotatable bonds is 2. The van der Waals surface area contributed by atoms with Crippen LogP contribution in [-0.2, 0) is 26.2 Å². The number of hydrogen-bond acceptors (Lipinski definition) is 4. The summed E-state index contributed by atoms with van der Waals surface area (Å²) in [5, 5.41) is 17.8. The Morgan fingerprint density at radius 3 is 1.22 bits per heavy atom. The molecule has 0 aliphatic carbocycles. The van der Waals surface area contributed by atoms with Gasteiger partial charge in [-0.05, 0) is 38.1 Å². The molecule has 0 aromatic heterocycles. The van der Waals surface area contributed by atoms with Gasteiger partial charge in [-0.15, -0.1) is 0 Å². The van der Waals surface area contributed by atoms with Gasteiger partial charge in [-0.2, -0.15) is 0 Å². The number of ketones is 2. The van der Waals surface area contributed by atoms with Crippen LogP contribution in [0.25, 0.3) is 0 Å². The first-order valence-electron chi connectivity index (χ1n) is 6.00. The van der Waals surface area contributed by atoms with Crippen LogP contribution >= 0.6 is 0 Å². The standard InChI is InChI=1S/2C8H8O2.2ClH.Zr/c2*1-6(9)7-3-2-4-8(10)5-7;;;/h2*2-5,10H,1H3;2*1H;/q;;;;+2/p-2. The first-order chi connectivity index (χ1) is 9.40. The second kappa shape index (κ2) is 13.3. The van der Waals surface area contributed by atoms with Crippen molar-refractivity contribution in [2.45, 2.75) is 13.8 Å². The van der Waals surface area contributed by atoms with Crippen molar-refractivity contribution in [2.24, 2.45) is 0 Å². The molecule has 2 N–H and O–H groups in total. The molecule has 0 unspecified atom stereocenters. The maximum absolute atomic E-state index is 10.7. The van der Waals surface area contributed by atoms with E-state index in [4.69, 9.17) is 10.2 Å². The number of aromatic hydroxyl groups is 2. The maximum Gasteiger partial charge on any atom is 2.00 e. The number of phenolic OH excluding ortho intramolecular Hbond substituents is 2. The molecular weight excluding hydrogens is 418 g/mol. The molecular formula is C16H16Cl2O4Zr. The maximum atomic E-state index is 10.7. The summed E-state index contributed by atoms with van der Waals surface area (Å²) in [4.78, 5) is 21.4. The summed E-state index contributed by atoms with van der Waals surface area (Å²) in [5.74, 6) is 0.201. The molecule has 0 bridgehead atoms. The van der Waals surface area contributed by atoms with E-state index < -0.39 is 0 Å². The molecule has 0 aliphatic rings. The van der Waals surface area contributed by atoms with Gasteiger partial charge in [0.25, 0.3) is 0 Å². The number of carbonyl (C=O) groups is 2. The summed E-state index contributed by atoms with van der Waals surface area (Å²) in [6.45, 7) is 2.93. The summed E-state index contributed by atoms with van der Waals surface area (Å²) in [6.07, 6.45) is 0. The SMILES string of the molecule is CC(=O)c1cccc(O)c1.CC(=O)c1cccc(O)c1.[Cl-].[Cl-].[Zr+2]. The topological polar surface area (TPSA) is 74.6 Å². The van der Waals surface area contributed by atoms with Crippen LogP contribution in [0.3, 0.4) is 0 Å². The van der Waals surface area contributed by atoms with E-state index in [1.54, 1.807) is 24.3 Å². The fourth-order valence-corrected chi connectivity index (χ4v) is 1.45. The molecule has 0 saturated heterocycles. The van der Waals surface area contributed by atoms with Gasteiger partial charge in [0.2, 0.25) is 0 Å². The molecule has 2 rings (SSSR count). The first kappa shape index (κ1) is 26.7. The summed E-state index contributed by atoms with van der Waals surface area (Å²) in [7, 11) is 0. The van der Waals surface area contributed by atoms with Gasteiger partial charge < -0.3 is 35.0 Å². The van der Waals surface area contributed by atoms with Crippen molar-refractivity contribution >= 4 is 11.6 Å². The van der Waals surface area contributed by atoms with Crippen molar-refractivity contribution in [1.29, 1.82) is 0 Å². The van der Waals surface area contributed by atoms with E-state index in [1.165, 1.54) is 38.1 Å². The number of benzene rings is 2. The second-order valence-corrected chi connectivity index (χ2v) is 4.21. The average molecular weight is 434 g/mol. The molecule has 2 aromatic rings. The fraction of sp³-hybridized carbons (Fsp3) is 0.125. The third-order valence-corrected chi connectivity index (χ3v) is 2.51. The molecule has 0 spiro atoms. The van der Waals surface area contributed by atoms with Gasteiger partial charge in [0, 0.05) is 11.1 Å². The van der Waals surface area contributed by atoms with Gasteiger partial charge in [-0.1, -0.05) is 24.3 Å². The smallest absolute Gasteiger partial charge is 1.00 e. The number of hydrogen-bond donors (Lipinski definition) is 2. The Labute approximate surface area is 166 Å². The molecule has 0 aliphatic heterocycles. The Morgan fingerprint density at radius 1 is 0.739 bits per heavy atom. The molecule has 0 amide bonds. The summed E-state index contributed by atoms with van der Waals surface area (Å²) >= 11 is 0. The Balaban J connectivity index is -0.000000308. The zero-order valence-corrected chi connectivity index (χ0v) is 16.6. The predicted molar refractivity (Wildman–Crippen MR) is 76.2 cm³/mol. The normalized spacial score (nSPS) is 8.09. The van der Waals surface area contributed by atoms with Gasteiger partial charge >= 0.3 is 26.2 Å². The second-order valence-electron chi connectivity index (χ2n) is 4.21. The molecule has 122 valence electrons. The minimum Gasteiger partial charge on any atom is -1.00 e. The van der Waals surface area contributed by atoms with Crippen LogP contribution in [0.4, 0.5) is 0 Å².